The molecule has 2 rings (SSSR count). The summed E-state index contributed by atoms with van der Waals surface area (Å²) in [5.41, 5.74) is 0.608. The largest absolute Gasteiger partial charge is 0.444 e. The number of anilines is 1. The van der Waals surface area contributed by atoms with Gasteiger partial charge in [-0.15, -0.1) is 0 Å². The second-order valence-corrected chi connectivity index (χ2v) is 6.22. The van der Waals surface area contributed by atoms with E-state index in [1.807, 2.05) is 12.2 Å². The minimum atomic E-state index is -0.929. The smallest absolute Gasteiger partial charge is 0.412 e. The molecule has 1 aromatic rings. The Morgan fingerprint density at radius 1 is 1.43 bits per heavy atom. The second-order valence-electron chi connectivity index (χ2n) is 5.62. The summed E-state index contributed by atoms with van der Waals surface area (Å²) >= 11 is 6.55. The van der Waals surface area contributed by atoms with E-state index in [9.17, 15) is 4.79 Å². The molecular weight excluding hydrogens is 290 g/mol. The zero-order chi connectivity index (χ0) is 15.5. The van der Waals surface area contributed by atoms with E-state index in [0.29, 0.717) is 11.3 Å². The van der Waals surface area contributed by atoms with Crippen LogP contribution in [0.3, 0.4) is 0 Å². The van der Waals surface area contributed by atoms with Crippen LogP contribution in [-0.2, 0) is 9.73 Å². The van der Waals surface area contributed by atoms with Gasteiger partial charge in [0.2, 0.25) is 0 Å². The third-order valence-corrected chi connectivity index (χ3v) is 3.11. The maximum atomic E-state index is 11.9. The Balaban J connectivity index is 2.24. The number of aromatic nitrogens is 1. The van der Waals surface area contributed by atoms with Gasteiger partial charge in [-0.25, -0.2) is 4.79 Å². The van der Waals surface area contributed by atoms with Crippen molar-refractivity contribution >= 4 is 23.4 Å². The molecule has 1 aliphatic heterocycles. The van der Waals surface area contributed by atoms with Crippen LogP contribution in [0.25, 0.3) is 0 Å². The molecule has 0 aliphatic carbocycles. The second kappa shape index (κ2) is 5.77. The number of carbonyl (C=O) groups excluding carboxylic acids is 1. The molecule has 21 heavy (non-hydrogen) atoms. The molecule has 1 aromatic heterocycles. The molecule has 0 saturated heterocycles. The molecule has 0 radical (unpaired) electrons. The van der Waals surface area contributed by atoms with Crippen molar-refractivity contribution in [1.82, 2.24) is 10.3 Å². The van der Waals surface area contributed by atoms with Gasteiger partial charge in [-0.3, -0.25) is 10.3 Å². The molecular formula is C15H18ClN3O2. The van der Waals surface area contributed by atoms with Gasteiger partial charge < -0.3 is 10.1 Å². The number of pyridine rings is 1. The predicted molar refractivity (Wildman–Crippen MR) is 83.0 cm³/mol. The fourth-order valence-electron chi connectivity index (χ4n) is 1.85. The Kier molecular flexibility index (Phi) is 4.23. The summed E-state index contributed by atoms with van der Waals surface area (Å²) < 4.78 is 5.24. The third kappa shape index (κ3) is 3.98. The van der Waals surface area contributed by atoms with Gasteiger partial charge in [0.15, 0.2) is 5.00 Å². The molecule has 1 aliphatic rings. The molecule has 1 atom stereocenters. The van der Waals surface area contributed by atoms with Gasteiger partial charge in [-0.1, -0.05) is 17.7 Å². The Hall–Kier alpha value is -2.01. The average Bonchev–Trinajstić information content (AvgIpc) is 2.37. The minimum Gasteiger partial charge on any atom is -0.444 e. The number of rotatable bonds is 2. The first-order valence-corrected chi connectivity index (χ1v) is 6.93. The van der Waals surface area contributed by atoms with E-state index >= 15 is 0 Å². The molecule has 0 fully saturated rings. The van der Waals surface area contributed by atoms with Crippen LogP contribution in [0.1, 0.15) is 26.3 Å². The van der Waals surface area contributed by atoms with Crippen molar-refractivity contribution in [2.75, 3.05) is 5.32 Å². The van der Waals surface area contributed by atoms with Gasteiger partial charge >= 0.3 is 6.09 Å². The van der Waals surface area contributed by atoms with E-state index < -0.39 is 16.7 Å². The van der Waals surface area contributed by atoms with Crippen LogP contribution in [0, 0.1) is 0 Å². The highest BCUT2D eigenvalue weighted by atomic mass is 35.5. The Bertz CT molecular complexity index is 593. The van der Waals surface area contributed by atoms with Crippen molar-refractivity contribution in [2.45, 2.75) is 31.4 Å². The number of hydrogen-bond donors (Lipinski definition) is 2. The topological polar surface area (TPSA) is 63.2 Å². The molecule has 112 valence electrons. The number of carbonyl (C=O) groups is 1. The molecule has 2 N–H and O–H groups in total. The number of amides is 1. The third-order valence-electron chi connectivity index (χ3n) is 2.68. The van der Waals surface area contributed by atoms with Crippen LogP contribution in [0.2, 0.25) is 0 Å². The number of allylic oxidation sites excluding steroid dienone is 2. The van der Waals surface area contributed by atoms with Crippen LogP contribution in [0.15, 0.2) is 42.9 Å². The summed E-state index contributed by atoms with van der Waals surface area (Å²) in [5, 5.41) is 5.74. The van der Waals surface area contributed by atoms with Crippen LogP contribution in [-0.4, -0.2) is 16.7 Å². The molecule has 0 spiro atoms. The SMILES string of the molecule is CC(C)(C)OC(=O)Nc1cnccc1C1(Cl)C=CC=CN1. The number of ether oxygens (including phenoxy) is 1. The lowest BCUT2D eigenvalue weighted by atomic mass is 10.0. The number of hydrogen-bond acceptors (Lipinski definition) is 4. The lowest BCUT2D eigenvalue weighted by Gasteiger charge is -2.28. The van der Waals surface area contributed by atoms with E-state index in [4.69, 9.17) is 16.3 Å². The van der Waals surface area contributed by atoms with E-state index in [2.05, 4.69) is 15.6 Å². The molecule has 1 amide bonds. The van der Waals surface area contributed by atoms with Crippen LogP contribution in [0.5, 0.6) is 0 Å². The summed E-state index contributed by atoms with van der Waals surface area (Å²) in [6, 6.07) is 1.75. The Morgan fingerprint density at radius 2 is 2.19 bits per heavy atom. The highest BCUT2D eigenvalue weighted by Gasteiger charge is 2.30. The first-order chi connectivity index (χ1) is 9.80. The van der Waals surface area contributed by atoms with Gasteiger partial charge in [0.05, 0.1) is 11.9 Å². The van der Waals surface area contributed by atoms with Crippen LogP contribution >= 0.6 is 11.6 Å². The molecule has 0 bridgehead atoms. The van der Waals surface area contributed by atoms with Crippen molar-refractivity contribution in [3.05, 3.63) is 48.5 Å². The lowest BCUT2D eigenvalue weighted by molar-refractivity contribution is 0.0635. The maximum Gasteiger partial charge on any atom is 0.412 e. The first kappa shape index (κ1) is 15.4. The van der Waals surface area contributed by atoms with Gasteiger partial charge in [-0.2, -0.15) is 0 Å². The summed E-state index contributed by atoms with van der Waals surface area (Å²) in [6.45, 7) is 5.40. The van der Waals surface area contributed by atoms with Crippen molar-refractivity contribution in [3.63, 3.8) is 0 Å². The maximum absolute atomic E-state index is 11.9. The Morgan fingerprint density at radius 3 is 2.81 bits per heavy atom. The normalized spacial score (nSPS) is 20.8. The molecule has 5 nitrogen and oxygen atoms in total. The lowest BCUT2D eigenvalue weighted by Crippen LogP contribution is -2.34. The summed E-state index contributed by atoms with van der Waals surface area (Å²) in [5.74, 6) is 0. The van der Waals surface area contributed by atoms with E-state index in [1.54, 1.807) is 45.3 Å². The first-order valence-electron chi connectivity index (χ1n) is 6.56. The fourth-order valence-corrected chi connectivity index (χ4v) is 2.15. The van der Waals surface area contributed by atoms with Gasteiger partial charge in [-0.05, 0) is 45.2 Å². The number of nitrogens with zero attached hydrogens (tertiary/aromatic N) is 1. The minimum absolute atomic E-state index is 0.495. The zero-order valence-corrected chi connectivity index (χ0v) is 12.9. The molecule has 0 aromatic carbocycles. The van der Waals surface area contributed by atoms with Gasteiger partial charge in [0.1, 0.15) is 5.60 Å². The highest BCUT2D eigenvalue weighted by molar-refractivity contribution is 6.25. The van der Waals surface area contributed by atoms with Gasteiger partial charge in [0, 0.05) is 11.8 Å². The molecule has 1 unspecified atom stereocenters. The van der Waals surface area contributed by atoms with Crippen molar-refractivity contribution in [3.8, 4) is 0 Å². The molecule has 0 saturated carbocycles. The van der Waals surface area contributed by atoms with Crippen molar-refractivity contribution in [2.24, 2.45) is 0 Å². The van der Waals surface area contributed by atoms with E-state index in [1.165, 1.54) is 6.20 Å². The van der Waals surface area contributed by atoms with Crippen LogP contribution in [0.4, 0.5) is 10.5 Å². The van der Waals surface area contributed by atoms with Gasteiger partial charge in [0.25, 0.3) is 0 Å². The molecule has 6 heteroatoms. The monoisotopic (exact) mass is 307 g/mol. The number of halogens is 1. The quantitative estimate of drug-likeness (QED) is 0.648. The van der Waals surface area contributed by atoms with E-state index in [-0.39, 0.29) is 0 Å². The van der Waals surface area contributed by atoms with Crippen LogP contribution < -0.4 is 10.6 Å². The summed E-state index contributed by atoms with van der Waals surface area (Å²) in [6.07, 6.45) is 9.82. The van der Waals surface area contributed by atoms with Crippen molar-refractivity contribution in [1.29, 1.82) is 0 Å². The standard InChI is InChI=1S/C15H18ClN3O2/c1-14(2,3)21-13(20)19-12-10-17-9-6-11(12)15(16)7-4-5-8-18-15/h4-10,18H,1-3H3,(H,19,20). The highest BCUT2D eigenvalue weighted by Crippen LogP contribution is 2.34. The Labute approximate surface area is 129 Å². The fraction of sp³-hybridized carbons (Fsp3) is 0.333. The summed E-state index contributed by atoms with van der Waals surface area (Å²) in [7, 11) is 0. The predicted octanol–water partition coefficient (Wildman–Crippen LogP) is 3.49. The number of dihydropyridines is 1. The summed E-state index contributed by atoms with van der Waals surface area (Å²) in [4.78, 5) is 15.0. The van der Waals surface area contributed by atoms with Crippen molar-refractivity contribution < 1.29 is 9.53 Å². The molecule has 2 heterocycles. The number of alkyl halides is 1. The van der Waals surface area contributed by atoms with E-state index in [0.717, 1.165) is 0 Å². The zero-order valence-electron chi connectivity index (χ0n) is 12.2. The number of nitrogens with one attached hydrogen (secondary N) is 2. The average molecular weight is 308 g/mol.